The van der Waals surface area contributed by atoms with Crippen LogP contribution in [0.3, 0.4) is 0 Å². The summed E-state index contributed by atoms with van der Waals surface area (Å²) in [6, 6.07) is 8.66. The number of benzene rings is 1. The van der Waals surface area contributed by atoms with Gasteiger partial charge in [0.05, 0.1) is 0 Å². The number of alkyl halides is 1. The zero-order chi connectivity index (χ0) is 15.3. The molecule has 0 fully saturated rings. The third kappa shape index (κ3) is 10.5. The Morgan fingerprint density at radius 2 is 1.52 bits per heavy atom. The number of hydrogen-bond acceptors (Lipinski definition) is 0. The maximum absolute atomic E-state index is 3.84. The van der Waals surface area contributed by atoms with Crippen molar-refractivity contribution in [3.63, 3.8) is 0 Å². The quantitative estimate of drug-likeness (QED) is 0.241. The van der Waals surface area contributed by atoms with Crippen molar-refractivity contribution in [2.24, 2.45) is 0 Å². The van der Waals surface area contributed by atoms with Gasteiger partial charge in [0.2, 0.25) is 0 Å². The highest BCUT2D eigenvalue weighted by Gasteiger charge is 2.05. The molecule has 0 radical (unpaired) electrons. The molecule has 1 aromatic carbocycles. The maximum Gasteiger partial charge on any atom is 0.0186 e. The van der Waals surface area contributed by atoms with Crippen LogP contribution in [0.1, 0.15) is 76.7 Å². The second-order valence-corrected chi connectivity index (χ2v) is 8.26. The van der Waals surface area contributed by atoms with E-state index < -0.39 is 0 Å². The minimum atomic E-state index is 0.622. The van der Waals surface area contributed by atoms with Crippen molar-refractivity contribution in [1.82, 2.24) is 0 Å². The molecule has 1 atom stereocenters. The summed E-state index contributed by atoms with van der Waals surface area (Å²) in [6.07, 6.45) is 15.1. The van der Waals surface area contributed by atoms with E-state index in [4.69, 9.17) is 0 Å². The number of hydrogen-bond donors (Lipinski definition) is 0. The lowest BCUT2D eigenvalue weighted by Crippen LogP contribution is -2.02. The molecule has 0 aliphatic rings. The molecule has 1 unspecified atom stereocenters. The molecule has 21 heavy (non-hydrogen) atoms. The van der Waals surface area contributed by atoms with Crippen LogP contribution in [0.25, 0.3) is 0 Å². The smallest absolute Gasteiger partial charge is 0.0186 e. The van der Waals surface area contributed by atoms with Crippen molar-refractivity contribution in [2.45, 2.75) is 82.4 Å². The third-order valence-electron chi connectivity index (χ3n) is 3.97. The summed E-state index contributed by atoms with van der Waals surface area (Å²) in [6.45, 7) is 2.28. The highest BCUT2D eigenvalue weighted by atomic mass is 79.9. The zero-order valence-corrected chi connectivity index (χ0v) is 16.6. The van der Waals surface area contributed by atoms with Crippen molar-refractivity contribution in [3.8, 4) is 0 Å². The largest absolute Gasteiger partial charge is 0.0887 e. The van der Waals surface area contributed by atoms with Crippen molar-refractivity contribution in [3.05, 3.63) is 34.3 Å². The van der Waals surface area contributed by atoms with Gasteiger partial charge in [-0.2, -0.15) is 0 Å². The minimum Gasteiger partial charge on any atom is -0.0887 e. The molecule has 120 valence electrons. The first-order valence-corrected chi connectivity index (χ1v) is 10.3. The predicted octanol–water partition coefficient (Wildman–Crippen LogP) is 7.68. The van der Waals surface area contributed by atoms with E-state index in [0.717, 1.165) is 6.42 Å². The van der Waals surface area contributed by atoms with E-state index in [2.05, 4.69) is 63.0 Å². The summed E-state index contributed by atoms with van der Waals surface area (Å²) in [4.78, 5) is 0.622. The summed E-state index contributed by atoms with van der Waals surface area (Å²) in [5.41, 5.74) is 1.42. The summed E-state index contributed by atoms with van der Waals surface area (Å²) >= 11 is 7.38. The van der Waals surface area contributed by atoms with Gasteiger partial charge in [-0.15, -0.1) is 0 Å². The Hall–Kier alpha value is 0.180. The molecule has 0 aromatic heterocycles. The van der Waals surface area contributed by atoms with Crippen LogP contribution in [0.4, 0.5) is 0 Å². The van der Waals surface area contributed by atoms with Crippen LogP contribution in [0.2, 0.25) is 0 Å². The highest BCUT2D eigenvalue weighted by molar-refractivity contribution is 9.10. The van der Waals surface area contributed by atoms with Gasteiger partial charge in [-0.05, 0) is 30.5 Å². The molecule has 0 aliphatic carbocycles. The van der Waals surface area contributed by atoms with Crippen LogP contribution in [-0.4, -0.2) is 4.83 Å². The van der Waals surface area contributed by atoms with E-state index in [9.17, 15) is 0 Å². The summed E-state index contributed by atoms with van der Waals surface area (Å²) in [5, 5.41) is 0. The molecule has 1 aromatic rings. The molecule has 0 amide bonds. The first-order valence-electron chi connectivity index (χ1n) is 8.61. The van der Waals surface area contributed by atoms with Gasteiger partial charge in [0.25, 0.3) is 0 Å². The third-order valence-corrected chi connectivity index (χ3v) is 5.24. The number of halogens is 2. The standard InChI is InChI=1S/C19H30Br2/c1-2-3-4-5-6-7-8-9-10-13-18(20)15-17-12-11-14-19(21)16-17/h11-12,14,16,18H,2-10,13,15H2,1H3. The zero-order valence-electron chi connectivity index (χ0n) is 13.4. The van der Waals surface area contributed by atoms with Crippen molar-refractivity contribution in [1.29, 1.82) is 0 Å². The van der Waals surface area contributed by atoms with Gasteiger partial charge in [-0.3, -0.25) is 0 Å². The Morgan fingerprint density at radius 1 is 0.905 bits per heavy atom. The summed E-state index contributed by atoms with van der Waals surface area (Å²) in [7, 11) is 0. The molecular formula is C19H30Br2. The Balaban J connectivity index is 1.97. The van der Waals surface area contributed by atoms with Gasteiger partial charge in [-0.1, -0.05) is 109 Å². The molecule has 0 heterocycles. The summed E-state index contributed by atoms with van der Waals surface area (Å²) in [5.74, 6) is 0. The van der Waals surface area contributed by atoms with Gasteiger partial charge >= 0.3 is 0 Å². The molecular weight excluding hydrogens is 388 g/mol. The number of unbranched alkanes of at least 4 members (excludes halogenated alkanes) is 8. The predicted molar refractivity (Wildman–Crippen MR) is 102 cm³/mol. The van der Waals surface area contributed by atoms with E-state index in [-0.39, 0.29) is 0 Å². The molecule has 0 N–H and O–H groups in total. The Labute approximate surface area is 148 Å². The number of rotatable bonds is 12. The van der Waals surface area contributed by atoms with E-state index >= 15 is 0 Å². The van der Waals surface area contributed by atoms with E-state index in [1.54, 1.807) is 0 Å². The fourth-order valence-electron chi connectivity index (χ4n) is 2.70. The fourth-order valence-corrected chi connectivity index (χ4v) is 3.84. The second kappa shape index (κ2) is 12.7. The molecule has 0 saturated carbocycles. The van der Waals surface area contributed by atoms with Crippen molar-refractivity contribution in [2.75, 3.05) is 0 Å². The topological polar surface area (TPSA) is 0 Å². The van der Waals surface area contributed by atoms with E-state index in [0.29, 0.717) is 4.83 Å². The second-order valence-electron chi connectivity index (χ2n) is 6.05. The lowest BCUT2D eigenvalue weighted by atomic mass is 10.0. The molecule has 0 nitrogen and oxygen atoms in total. The van der Waals surface area contributed by atoms with Gasteiger partial charge in [-0.25, -0.2) is 0 Å². The Kier molecular flexibility index (Phi) is 11.6. The average molecular weight is 418 g/mol. The van der Waals surface area contributed by atoms with Crippen LogP contribution in [0.15, 0.2) is 28.7 Å². The van der Waals surface area contributed by atoms with Crippen LogP contribution < -0.4 is 0 Å². The van der Waals surface area contributed by atoms with Crippen LogP contribution >= 0.6 is 31.9 Å². The fraction of sp³-hybridized carbons (Fsp3) is 0.684. The molecule has 0 bridgehead atoms. The average Bonchev–Trinajstić information content (AvgIpc) is 2.45. The molecule has 0 spiro atoms. The molecule has 0 aliphatic heterocycles. The minimum absolute atomic E-state index is 0.622. The monoisotopic (exact) mass is 416 g/mol. The maximum atomic E-state index is 3.84. The van der Waals surface area contributed by atoms with Gasteiger partial charge in [0.1, 0.15) is 0 Å². The van der Waals surface area contributed by atoms with Crippen molar-refractivity contribution >= 4 is 31.9 Å². The van der Waals surface area contributed by atoms with Crippen LogP contribution in [-0.2, 0) is 6.42 Å². The SMILES string of the molecule is CCCCCCCCCCCC(Br)Cc1cccc(Br)c1. The lowest BCUT2D eigenvalue weighted by molar-refractivity contribution is 0.553. The van der Waals surface area contributed by atoms with Crippen molar-refractivity contribution < 1.29 is 0 Å². The summed E-state index contributed by atoms with van der Waals surface area (Å²) < 4.78 is 1.18. The van der Waals surface area contributed by atoms with Gasteiger partial charge < -0.3 is 0 Å². The molecule has 2 heteroatoms. The lowest BCUT2D eigenvalue weighted by Gasteiger charge is -2.10. The van der Waals surface area contributed by atoms with Crippen LogP contribution in [0.5, 0.6) is 0 Å². The van der Waals surface area contributed by atoms with Gasteiger partial charge in [0, 0.05) is 9.30 Å². The van der Waals surface area contributed by atoms with Gasteiger partial charge in [0.15, 0.2) is 0 Å². The normalized spacial score (nSPS) is 12.5. The van der Waals surface area contributed by atoms with E-state index in [1.807, 2.05) is 0 Å². The first-order chi connectivity index (χ1) is 10.2. The molecule has 0 saturated heterocycles. The first kappa shape index (κ1) is 19.2. The van der Waals surface area contributed by atoms with Crippen LogP contribution in [0, 0.1) is 0 Å². The Morgan fingerprint density at radius 3 is 2.14 bits per heavy atom. The highest BCUT2D eigenvalue weighted by Crippen LogP contribution is 2.20. The molecule has 1 rings (SSSR count). The van der Waals surface area contributed by atoms with E-state index in [1.165, 1.54) is 74.2 Å². The Bertz CT molecular complexity index is 362.